The minimum Gasteiger partial charge on any atom is -0.506 e. The van der Waals surface area contributed by atoms with Gasteiger partial charge >= 0.3 is 0 Å². The number of benzene rings is 2. The molecule has 0 fully saturated rings. The number of nitrogen functional groups attached to an aromatic ring is 1. The predicted octanol–water partition coefficient (Wildman–Crippen LogP) is 2.97. The monoisotopic (exact) mass is 378 g/mol. The van der Waals surface area contributed by atoms with Crippen LogP contribution in [0.25, 0.3) is 0 Å². The van der Waals surface area contributed by atoms with Crippen molar-refractivity contribution in [3.05, 3.63) is 53.1 Å². The number of aliphatic hydroxyl groups is 1. The highest BCUT2D eigenvalue weighted by molar-refractivity contribution is 5.85. The predicted molar refractivity (Wildman–Crippen MR) is 106 cm³/mol. The molecule has 0 saturated heterocycles. The number of aliphatic hydroxyl groups excluding tert-OH is 1. The molecule has 0 radical (unpaired) electrons. The molecule has 1 aliphatic rings. The van der Waals surface area contributed by atoms with E-state index in [1.807, 2.05) is 12.1 Å². The fraction of sp³-hybridized carbons (Fsp3) is 0.400. The zero-order valence-corrected chi connectivity index (χ0v) is 15.9. The van der Waals surface area contributed by atoms with Crippen LogP contribution in [0.5, 0.6) is 11.5 Å². The highest BCUT2D eigenvalue weighted by Crippen LogP contribution is 2.37. The van der Waals surface area contributed by atoms with Gasteiger partial charge in [0.1, 0.15) is 11.5 Å². The molecular weight excluding hydrogens is 352 g/mol. The lowest BCUT2D eigenvalue weighted by molar-refractivity contribution is 0.109. The fourth-order valence-electron chi connectivity index (χ4n) is 3.61. The molecule has 3 unspecified atom stereocenters. The Morgan fingerprint density at radius 3 is 2.58 bits per heavy atom. The van der Waals surface area contributed by atoms with Crippen LogP contribution in [0.3, 0.4) is 0 Å². The first-order valence-electron chi connectivity index (χ1n) is 8.67. The summed E-state index contributed by atoms with van der Waals surface area (Å²) in [6.45, 7) is 2.12. The standard InChI is InChI=1S/C20H26N2O3.ClH/c1-12(11-13-3-5-14(25-2)6-4-13)22-17-9-7-15-16(20(17)24)8-10-18(23)19(15)21;/h3-6,8,10,12,17,20,22-24H,7,9,11,21H2,1-2H3;1H. The van der Waals surface area contributed by atoms with E-state index < -0.39 is 6.10 Å². The SMILES string of the molecule is COc1ccc(CC(C)NC2CCc3c(ccc(O)c3N)C2O)cc1.Cl. The number of halogens is 1. The lowest BCUT2D eigenvalue weighted by Gasteiger charge is -2.33. The molecular formula is C20H27ClN2O3. The van der Waals surface area contributed by atoms with Gasteiger partial charge in [0.2, 0.25) is 0 Å². The Kier molecular flexibility index (Phi) is 6.75. The molecule has 6 heteroatoms. The van der Waals surface area contributed by atoms with Gasteiger partial charge < -0.3 is 26.0 Å². The minimum atomic E-state index is -0.620. The van der Waals surface area contributed by atoms with Gasteiger partial charge in [0.05, 0.1) is 18.9 Å². The molecule has 0 aliphatic heterocycles. The fourth-order valence-corrected chi connectivity index (χ4v) is 3.61. The van der Waals surface area contributed by atoms with E-state index in [1.54, 1.807) is 19.2 Å². The van der Waals surface area contributed by atoms with Crippen molar-refractivity contribution in [3.8, 4) is 11.5 Å². The van der Waals surface area contributed by atoms with Crippen LogP contribution in [0.2, 0.25) is 0 Å². The molecule has 2 aromatic rings. The molecule has 142 valence electrons. The first-order valence-corrected chi connectivity index (χ1v) is 8.67. The summed E-state index contributed by atoms with van der Waals surface area (Å²) in [5.41, 5.74) is 9.24. The van der Waals surface area contributed by atoms with Crippen molar-refractivity contribution >= 4 is 18.1 Å². The number of rotatable bonds is 5. The smallest absolute Gasteiger partial charge is 0.138 e. The summed E-state index contributed by atoms with van der Waals surface area (Å²) in [7, 11) is 1.66. The topological polar surface area (TPSA) is 87.7 Å². The number of hydrogen-bond donors (Lipinski definition) is 4. The number of phenols is 1. The van der Waals surface area contributed by atoms with Crippen LogP contribution >= 0.6 is 12.4 Å². The lowest BCUT2D eigenvalue weighted by atomic mass is 9.84. The van der Waals surface area contributed by atoms with E-state index in [-0.39, 0.29) is 30.2 Å². The van der Waals surface area contributed by atoms with Crippen LogP contribution in [-0.4, -0.2) is 29.4 Å². The second kappa shape index (κ2) is 8.62. The van der Waals surface area contributed by atoms with Gasteiger partial charge in [-0.15, -0.1) is 12.4 Å². The Morgan fingerprint density at radius 2 is 1.92 bits per heavy atom. The summed E-state index contributed by atoms with van der Waals surface area (Å²) >= 11 is 0. The Morgan fingerprint density at radius 1 is 1.23 bits per heavy atom. The van der Waals surface area contributed by atoms with E-state index in [0.717, 1.165) is 36.1 Å². The average Bonchev–Trinajstić information content (AvgIpc) is 2.61. The van der Waals surface area contributed by atoms with Gasteiger partial charge in [-0.3, -0.25) is 0 Å². The van der Waals surface area contributed by atoms with Gasteiger partial charge in [-0.1, -0.05) is 18.2 Å². The van der Waals surface area contributed by atoms with Gasteiger partial charge in [0.25, 0.3) is 0 Å². The maximum atomic E-state index is 10.7. The van der Waals surface area contributed by atoms with Crippen molar-refractivity contribution in [2.45, 2.75) is 44.4 Å². The number of methoxy groups -OCH3 is 1. The van der Waals surface area contributed by atoms with Crippen molar-refractivity contribution in [2.75, 3.05) is 12.8 Å². The third kappa shape index (κ3) is 4.23. The number of nitrogens with one attached hydrogen (secondary N) is 1. The molecule has 0 bridgehead atoms. The van der Waals surface area contributed by atoms with Gasteiger partial charge in [-0.05, 0) is 61.1 Å². The normalized spacial score (nSPS) is 20.0. The largest absolute Gasteiger partial charge is 0.506 e. The van der Waals surface area contributed by atoms with E-state index in [4.69, 9.17) is 10.5 Å². The highest BCUT2D eigenvalue weighted by atomic mass is 35.5. The summed E-state index contributed by atoms with van der Waals surface area (Å²) in [5, 5.41) is 24.0. The second-order valence-electron chi connectivity index (χ2n) is 6.78. The van der Waals surface area contributed by atoms with Crippen molar-refractivity contribution < 1.29 is 14.9 Å². The van der Waals surface area contributed by atoms with Crippen LogP contribution in [0, 0.1) is 0 Å². The summed E-state index contributed by atoms with van der Waals surface area (Å²) in [4.78, 5) is 0. The Labute approximate surface area is 160 Å². The zero-order chi connectivity index (χ0) is 18.0. The Hall–Kier alpha value is -1.95. The molecule has 0 saturated carbocycles. The number of hydrogen-bond acceptors (Lipinski definition) is 5. The summed E-state index contributed by atoms with van der Waals surface area (Å²) in [6, 6.07) is 11.6. The number of ether oxygens (including phenoxy) is 1. The highest BCUT2D eigenvalue weighted by Gasteiger charge is 2.30. The summed E-state index contributed by atoms with van der Waals surface area (Å²) in [5.74, 6) is 0.940. The Balaban J connectivity index is 0.00000243. The molecule has 3 rings (SSSR count). The van der Waals surface area contributed by atoms with Gasteiger partial charge in [0, 0.05) is 12.1 Å². The molecule has 1 aliphatic carbocycles. The van der Waals surface area contributed by atoms with Crippen molar-refractivity contribution in [3.63, 3.8) is 0 Å². The van der Waals surface area contributed by atoms with Crippen LogP contribution in [0.4, 0.5) is 5.69 Å². The van der Waals surface area contributed by atoms with E-state index in [2.05, 4.69) is 24.4 Å². The van der Waals surface area contributed by atoms with Crippen LogP contribution in [-0.2, 0) is 12.8 Å². The lowest BCUT2D eigenvalue weighted by Crippen LogP contribution is -2.44. The quantitative estimate of drug-likeness (QED) is 0.474. The third-order valence-corrected chi connectivity index (χ3v) is 4.97. The number of phenolic OH excluding ortho intramolecular Hbond substituents is 1. The van der Waals surface area contributed by atoms with Crippen LogP contribution in [0.1, 0.15) is 36.1 Å². The minimum absolute atomic E-state index is 0. The van der Waals surface area contributed by atoms with E-state index >= 15 is 0 Å². The molecule has 0 aromatic heterocycles. The van der Waals surface area contributed by atoms with Crippen molar-refractivity contribution in [2.24, 2.45) is 0 Å². The van der Waals surface area contributed by atoms with E-state index in [1.165, 1.54) is 5.56 Å². The molecule has 26 heavy (non-hydrogen) atoms. The maximum absolute atomic E-state index is 10.7. The molecule has 3 atom stereocenters. The molecule has 5 N–H and O–H groups in total. The number of anilines is 1. The maximum Gasteiger partial charge on any atom is 0.138 e. The molecule has 0 heterocycles. The first kappa shape index (κ1) is 20.4. The van der Waals surface area contributed by atoms with Gasteiger partial charge in [0.15, 0.2) is 0 Å². The molecule has 2 aromatic carbocycles. The summed E-state index contributed by atoms with van der Waals surface area (Å²) in [6.07, 6.45) is 1.79. The molecule has 5 nitrogen and oxygen atoms in total. The Bertz CT molecular complexity index is 737. The van der Waals surface area contributed by atoms with Crippen LogP contribution in [0.15, 0.2) is 36.4 Å². The van der Waals surface area contributed by atoms with Gasteiger partial charge in [-0.2, -0.15) is 0 Å². The van der Waals surface area contributed by atoms with Crippen LogP contribution < -0.4 is 15.8 Å². The molecule has 0 spiro atoms. The van der Waals surface area contributed by atoms with Crippen molar-refractivity contribution in [1.82, 2.24) is 5.32 Å². The average molecular weight is 379 g/mol. The number of fused-ring (bicyclic) bond motifs is 1. The van der Waals surface area contributed by atoms with Crippen molar-refractivity contribution in [1.29, 1.82) is 0 Å². The first-order chi connectivity index (χ1) is 12.0. The number of aromatic hydroxyl groups is 1. The third-order valence-electron chi connectivity index (χ3n) is 4.97. The molecule has 0 amide bonds. The zero-order valence-electron chi connectivity index (χ0n) is 15.1. The van der Waals surface area contributed by atoms with Gasteiger partial charge in [-0.25, -0.2) is 0 Å². The van der Waals surface area contributed by atoms with E-state index in [0.29, 0.717) is 5.69 Å². The van der Waals surface area contributed by atoms with E-state index in [9.17, 15) is 10.2 Å². The summed E-state index contributed by atoms with van der Waals surface area (Å²) < 4.78 is 5.18. The second-order valence-corrected chi connectivity index (χ2v) is 6.78. The number of nitrogens with two attached hydrogens (primary N) is 1.